The fourth-order valence-electron chi connectivity index (χ4n) is 2.09. The zero-order valence-electron chi connectivity index (χ0n) is 12.6. The average Bonchev–Trinajstić information content (AvgIpc) is 3.02. The molecule has 22 heavy (non-hydrogen) atoms. The summed E-state index contributed by atoms with van der Waals surface area (Å²) >= 11 is 0. The molecule has 1 atom stereocenters. The summed E-state index contributed by atoms with van der Waals surface area (Å²) in [5, 5.41) is 16.4. The predicted octanol–water partition coefficient (Wildman–Crippen LogP) is 0.928. The molecule has 2 aromatic rings. The van der Waals surface area contributed by atoms with E-state index in [1.54, 1.807) is 10.9 Å². The van der Waals surface area contributed by atoms with Gasteiger partial charge >= 0.3 is 0 Å². The second-order valence-electron chi connectivity index (χ2n) is 5.04. The third-order valence-electron chi connectivity index (χ3n) is 3.23. The second-order valence-corrected chi connectivity index (χ2v) is 5.04. The zero-order chi connectivity index (χ0) is 15.8. The average molecular weight is 303 g/mol. The quantitative estimate of drug-likeness (QED) is 0.760. The van der Waals surface area contributed by atoms with Crippen LogP contribution in [0.2, 0.25) is 0 Å². The van der Waals surface area contributed by atoms with Crippen molar-refractivity contribution < 1.29 is 14.6 Å². The third-order valence-corrected chi connectivity index (χ3v) is 3.23. The Morgan fingerprint density at radius 2 is 2.18 bits per heavy atom. The van der Waals surface area contributed by atoms with Crippen molar-refractivity contribution in [3.8, 4) is 5.69 Å². The van der Waals surface area contributed by atoms with E-state index in [4.69, 9.17) is 4.74 Å². The number of hydrogen-bond donors (Lipinski definition) is 2. The van der Waals surface area contributed by atoms with Crippen LogP contribution in [0.3, 0.4) is 0 Å². The Balaban J connectivity index is 1.77. The SMILES string of the molecule is COCC(O)CCNC(=O)Cc1ccc(-n2cccn2)cc1. The minimum absolute atomic E-state index is 0.0588. The Bertz CT molecular complexity index is 567. The van der Waals surface area contributed by atoms with Gasteiger partial charge in [-0.2, -0.15) is 5.10 Å². The lowest BCUT2D eigenvalue weighted by molar-refractivity contribution is -0.120. The monoisotopic (exact) mass is 303 g/mol. The van der Waals surface area contributed by atoms with Crippen molar-refractivity contribution in [3.05, 3.63) is 48.3 Å². The number of hydrogen-bond acceptors (Lipinski definition) is 4. The van der Waals surface area contributed by atoms with Crippen LogP contribution in [0.15, 0.2) is 42.7 Å². The molecule has 0 fully saturated rings. The van der Waals surface area contributed by atoms with Crippen molar-refractivity contribution in [2.45, 2.75) is 18.9 Å². The smallest absolute Gasteiger partial charge is 0.224 e. The van der Waals surface area contributed by atoms with Gasteiger partial charge in [0.05, 0.1) is 24.8 Å². The summed E-state index contributed by atoms with van der Waals surface area (Å²) in [6.45, 7) is 0.722. The number of nitrogens with zero attached hydrogens (tertiary/aromatic N) is 2. The van der Waals surface area contributed by atoms with Gasteiger partial charge in [-0.25, -0.2) is 4.68 Å². The van der Waals surface area contributed by atoms with E-state index in [0.717, 1.165) is 11.3 Å². The number of benzene rings is 1. The second kappa shape index (κ2) is 8.31. The lowest BCUT2D eigenvalue weighted by atomic mass is 10.1. The maximum absolute atomic E-state index is 11.8. The van der Waals surface area contributed by atoms with Gasteiger partial charge in [0, 0.05) is 26.0 Å². The van der Waals surface area contributed by atoms with Gasteiger partial charge in [0.2, 0.25) is 5.91 Å². The summed E-state index contributed by atoms with van der Waals surface area (Å²) in [4.78, 5) is 11.8. The largest absolute Gasteiger partial charge is 0.391 e. The molecule has 6 nitrogen and oxygen atoms in total. The predicted molar refractivity (Wildman–Crippen MR) is 82.8 cm³/mol. The molecule has 2 rings (SSSR count). The maximum Gasteiger partial charge on any atom is 0.224 e. The van der Waals surface area contributed by atoms with E-state index in [9.17, 15) is 9.90 Å². The van der Waals surface area contributed by atoms with Gasteiger partial charge < -0.3 is 15.2 Å². The van der Waals surface area contributed by atoms with Gasteiger partial charge in [-0.3, -0.25) is 4.79 Å². The molecule has 0 aliphatic rings. The van der Waals surface area contributed by atoms with E-state index in [2.05, 4.69) is 10.4 Å². The number of aliphatic hydroxyl groups excluding tert-OH is 1. The molecule has 1 aromatic carbocycles. The molecule has 6 heteroatoms. The molecule has 1 unspecified atom stereocenters. The van der Waals surface area contributed by atoms with E-state index in [1.807, 2.05) is 36.5 Å². The van der Waals surface area contributed by atoms with Crippen molar-refractivity contribution in [1.82, 2.24) is 15.1 Å². The third kappa shape index (κ3) is 4.98. The highest BCUT2D eigenvalue weighted by molar-refractivity contribution is 5.78. The molecule has 1 amide bonds. The standard InChI is InChI=1S/C16H21N3O3/c1-22-12-15(20)7-9-17-16(21)11-13-3-5-14(6-4-13)19-10-2-8-18-19/h2-6,8,10,15,20H,7,9,11-12H2,1H3,(H,17,21). The van der Waals surface area contributed by atoms with Gasteiger partial charge in [0.15, 0.2) is 0 Å². The molecule has 1 aromatic heterocycles. The van der Waals surface area contributed by atoms with Gasteiger partial charge in [-0.05, 0) is 30.2 Å². The number of aromatic nitrogens is 2. The summed E-state index contributed by atoms with van der Waals surface area (Å²) in [5.74, 6) is -0.0588. The van der Waals surface area contributed by atoms with E-state index in [1.165, 1.54) is 7.11 Å². The van der Waals surface area contributed by atoms with Gasteiger partial charge in [-0.15, -0.1) is 0 Å². The van der Waals surface area contributed by atoms with Crippen molar-refractivity contribution in [2.75, 3.05) is 20.3 Å². The highest BCUT2D eigenvalue weighted by atomic mass is 16.5. The van der Waals surface area contributed by atoms with Crippen LogP contribution >= 0.6 is 0 Å². The molecule has 0 aliphatic heterocycles. The molecule has 0 radical (unpaired) electrons. The number of amides is 1. The van der Waals surface area contributed by atoms with Crippen molar-refractivity contribution >= 4 is 5.91 Å². The van der Waals surface area contributed by atoms with Crippen LogP contribution in [0.1, 0.15) is 12.0 Å². The number of methoxy groups -OCH3 is 1. The lowest BCUT2D eigenvalue weighted by Gasteiger charge is -2.10. The van der Waals surface area contributed by atoms with Crippen molar-refractivity contribution in [1.29, 1.82) is 0 Å². The Morgan fingerprint density at radius 1 is 1.41 bits per heavy atom. The molecule has 0 aliphatic carbocycles. The molecule has 1 heterocycles. The first kappa shape index (κ1) is 16.2. The fourth-order valence-corrected chi connectivity index (χ4v) is 2.09. The number of carbonyl (C=O) groups is 1. The molecule has 118 valence electrons. The zero-order valence-corrected chi connectivity index (χ0v) is 12.6. The first-order valence-electron chi connectivity index (χ1n) is 7.21. The minimum Gasteiger partial charge on any atom is -0.391 e. The molecule has 0 bridgehead atoms. The summed E-state index contributed by atoms with van der Waals surface area (Å²) < 4.78 is 6.59. The van der Waals surface area contributed by atoms with Gasteiger partial charge in [-0.1, -0.05) is 12.1 Å². The van der Waals surface area contributed by atoms with Gasteiger partial charge in [0.1, 0.15) is 0 Å². The Kier molecular flexibility index (Phi) is 6.12. The lowest BCUT2D eigenvalue weighted by Crippen LogP contribution is -2.29. The summed E-state index contributed by atoms with van der Waals surface area (Å²) in [6, 6.07) is 9.54. The number of ether oxygens (including phenoxy) is 1. The van der Waals surface area contributed by atoms with E-state index < -0.39 is 6.10 Å². The van der Waals surface area contributed by atoms with Crippen LogP contribution in [0.5, 0.6) is 0 Å². The van der Waals surface area contributed by atoms with Crippen molar-refractivity contribution in [2.24, 2.45) is 0 Å². The summed E-state index contributed by atoms with van der Waals surface area (Å²) in [7, 11) is 1.54. The van der Waals surface area contributed by atoms with Crippen LogP contribution in [0.25, 0.3) is 5.69 Å². The van der Waals surface area contributed by atoms with E-state index >= 15 is 0 Å². The molecule has 0 saturated carbocycles. The normalized spacial score (nSPS) is 12.1. The first-order chi connectivity index (χ1) is 10.7. The number of nitrogens with one attached hydrogen (secondary N) is 1. The summed E-state index contributed by atoms with van der Waals surface area (Å²) in [5.41, 5.74) is 1.89. The maximum atomic E-state index is 11.8. The van der Waals surface area contributed by atoms with Crippen LogP contribution in [-0.2, 0) is 16.0 Å². The van der Waals surface area contributed by atoms with Crippen LogP contribution < -0.4 is 5.32 Å². The Morgan fingerprint density at radius 3 is 2.82 bits per heavy atom. The number of aliphatic hydroxyl groups is 1. The fraction of sp³-hybridized carbons (Fsp3) is 0.375. The Labute approximate surface area is 129 Å². The molecule has 2 N–H and O–H groups in total. The molecular weight excluding hydrogens is 282 g/mol. The molecular formula is C16H21N3O3. The number of carbonyl (C=O) groups excluding carboxylic acids is 1. The van der Waals surface area contributed by atoms with E-state index in [-0.39, 0.29) is 12.5 Å². The number of rotatable bonds is 8. The van der Waals surface area contributed by atoms with Crippen LogP contribution in [0.4, 0.5) is 0 Å². The first-order valence-corrected chi connectivity index (χ1v) is 7.21. The highest BCUT2D eigenvalue weighted by Gasteiger charge is 2.06. The Hall–Kier alpha value is -2.18. The minimum atomic E-state index is -0.543. The van der Waals surface area contributed by atoms with E-state index in [0.29, 0.717) is 19.4 Å². The molecule has 0 spiro atoms. The highest BCUT2D eigenvalue weighted by Crippen LogP contribution is 2.09. The van der Waals surface area contributed by atoms with Crippen LogP contribution in [-0.4, -0.2) is 47.2 Å². The van der Waals surface area contributed by atoms with Crippen LogP contribution in [0, 0.1) is 0 Å². The molecule has 0 saturated heterocycles. The summed E-state index contributed by atoms with van der Waals surface area (Å²) in [6.07, 6.45) is 3.85. The van der Waals surface area contributed by atoms with Gasteiger partial charge in [0.25, 0.3) is 0 Å². The van der Waals surface area contributed by atoms with Crippen molar-refractivity contribution in [3.63, 3.8) is 0 Å². The topological polar surface area (TPSA) is 76.4 Å².